The van der Waals surface area contributed by atoms with E-state index in [1.807, 2.05) is 0 Å². The summed E-state index contributed by atoms with van der Waals surface area (Å²) in [4.78, 5) is 10.8. The highest BCUT2D eigenvalue weighted by Crippen LogP contribution is 1.87. The summed E-state index contributed by atoms with van der Waals surface area (Å²) in [5.74, 6) is -0.179. The maximum Gasteiger partial charge on any atom is 0.330 e. The van der Waals surface area contributed by atoms with Gasteiger partial charge in [-0.05, 0) is 19.9 Å². The molecule has 5 nitrogen and oxygen atoms in total. The van der Waals surface area contributed by atoms with E-state index < -0.39 is 9.84 Å². The molecule has 0 aliphatic rings. The number of sulfone groups is 1. The standard InChI is InChI=1S/C10H19NO4S/c1-3-15-10(12)6-4-7-11-8-5-9-16(2,13)14/h4,6,11H,3,5,7-9H2,1-2H3/b6-4+. The normalized spacial score (nSPS) is 11.9. The van der Waals surface area contributed by atoms with Gasteiger partial charge >= 0.3 is 5.97 Å². The molecule has 0 unspecified atom stereocenters. The smallest absolute Gasteiger partial charge is 0.330 e. The molecular formula is C10H19NO4S. The zero-order chi connectivity index (χ0) is 12.4. The minimum Gasteiger partial charge on any atom is -0.463 e. The van der Waals surface area contributed by atoms with Crippen molar-refractivity contribution in [2.75, 3.05) is 31.7 Å². The van der Waals surface area contributed by atoms with Crippen LogP contribution in [0.2, 0.25) is 0 Å². The fourth-order valence-corrected chi connectivity index (χ4v) is 1.66. The summed E-state index contributed by atoms with van der Waals surface area (Å²) in [7, 11) is -2.87. The number of carbonyl (C=O) groups is 1. The van der Waals surface area contributed by atoms with Crippen molar-refractivity contribution in [3.63, 3.8) is 0 Å². The first-order valence-corrected chi connectivity index (χ1v) is 7.23. The molecule has 0 saturated carbocycles. The van der Waals surface area contributed by atoms with E-state index in [0.29, 0.717) is 26.1 Å². The lowest BCUT2D eigenvalue weighted by atomic mass is 10.4. The van der Waals surface area contributed by atoms with Crippen molar-refractivity contribution < 1.29 is 17.9 Å². The molecule has 94 valence electrons. The number of hydrogen-bond donors (Lipinski definition) is 1. The Morgan fingerprint density at radius 2 is 2.12 bits per heavy atom. The second kappa shape index (κ2) is 8.29. The van der Waals surface area contributed by atoms with Gasteiger partial charge in [0.2, 0.25) is 0 Å². The minimum atomic E-state index is -2.87. The summed E-state index contributed by atoms with van der Waals surface area (Å²) in [6, 6.07) is 0. The van der Waals surface area contributed by atoms with Crippen molar-refractivity contribution in [2.24, 2.45) is 0 Å². The molecule has 0 radical (unpaired) electrons. The molecule has 0 bridgehead atoms. The van der Waals surface area contributed by atoms with Gasteiger partial charge < -0.3 is 10.1 Å². The fourth-order valence-electron chi connectivity index (χ4n) is 0.990. The molecule has 0 aromatic rings. The van der Waals surface area contributed by atoms with Gasteiger partial charge in [-0.1, -0.05) is 6.08 Å². The zero-order valence-corrected chi connectivity index (χ0v) is 10.5. The third-order valence-electron chi connectivity index (χ3n) is 1.67. The fraction of sp³-hybridized carbons (Fsp3) is 0.700. The first-order valence-electron chi connectivity index (χ1n) is 5.17. The predicted octanol–water partition coefficient (Wildman–Crippen LogP) is 0.130. The molecule has 0 aliphatic carbocycles. The molecule has 0 amide bonds. The summed E-state index contributed by atoms with van der Waals surface area (Å²) in [5.41, 5.74) is 0. The highest BCUT2D eigenvalue weighted by atomic mass is 32.2. The summed E-state index contributed by atoms with van der Waals surface area (Å²) in [6.45, 7) is 3.25. The van der Waals surface area contributed by atoms with E-state index in [1.165, 1.54) is 12.3 Å². The number of esters is 1. The maximum atomic E-state index is 10.8. The molecule has 0 aromatic carbocycles. The van der Waals surface area contributed by atoms with Crippen LogP contribution in [0.15, 0.2) is 12.2 Å². The monoisotopic (exact) mass is 249 g/mol. The molecule has 6 heteroatoms. The average molecular weight is 249 g/mol. The summed E-state index contributed by atoms with van der Waals surface area (Å²) in [6.07, 6.45) is 4.80. The van der Waals surface area contributed by atoms with Gasteiger partial charge in [-0.15, -0.1) is 0 Å². The molecule has 0 aliphatic heterocycles. The summed E-state index contributed by atoms with van der Waals surface area (Å²) >= 11 is 0. The molecule has 0 spiro atoms. The number of carbonyl (C=O) groups excluding carboxylic acids is 1. The Balaban J connectivity index is 3.43. The second-order valence-corrected chi connectivity index (χ2v) is 5.60. The van der Waals surface area contributed by atoms with Crippen LogP contribution in [-0.2, 0) is 19.4 Å². The van der Waals surface area contributed by atoms with Gasteiger partial charge in [-0.3, -0.25) is 0 Å². The van der Waals surface area contributed by atoms with Crippen LogP contribution >= 0.6 is 0 Å². The van der Waals surface area contributed by atoms with E-state index in [9.17, 15) is 13.2 Å². The Bertz CT molecular complexity index is 322. The molecule has 16 heavy (non-hydrogen) atoms. The van der Waals surface area contributed by atoms with Crippen LogP contribution in [0, 0.1) is 0 Å². The quantitative estimate of drug-likeness (QED) is 0.376. The Morgan fingerprint density at radius 3 is 2.69 bits per heavy atom. The largest absolute Gasteiger partial charge is 0.463 e. The highest BCUT2D eigenvalue weighted by molar-refractivity contribution is 7.90. The molecule has 0 heterocycles. The van der Waals surface area contributed by atoms with E-state index in [-0.39, 0.29) is 11.7 Å². The van der Waals surface area contributed by atoms with Crippen LogP contribution in [0.5, 0.6) is 0 Å². The minimum absolute atomic E-state index is 0.182. The zero-order valence-electron chi connectivity index (χ0n) is 9.73. The topological polar surface area (TPSA) is 72.5 Å². The molecule has 0 rings (SSSR count). The second-order valence-electron chi connectivity index (χ2n) is 3.34. The highest BCUT2D eigenvalue weighted by Gasteiger charge is 1.99. The molecule has 0 fully saturated rings. The van der Waals surface area contributed by atoms with Gasteiger partial charge in [0.15, 0.2) is 0 Å². The van der Waals surface area contributed by atoms with Gasteiger partial charge in [0, 0.05) is 18.9 Å². The van der Waals surface area contributed by atoms with Gasteiger partial charge in [-0.2, -0.15) is 0 Å². The first-order chi connectivity index (χ1) is 7.45. The average Bonchev–Trinajstić information content (AvgIpc) is 2.15. The van der Waals surface area contributed by atoms with Gasteiger partial charge in [-0.25, -0.2) is 13.2 Å². The number of hydrogen-bond acceptors (Lipinski definition) is 5. The van der Waals surface area contributed by atoms with Crippen molar-refractivity contribution in [3.05, 3.63) is 12.2 Å². The lowest BCUT2D eigenvalue weighted by Gasteiger charge is -2.00. The molecule has 0 atom stereocenters. The van der Waals surface area contributed by atoms with Crippen molar-refractivity contribution in [1.29, 1.82) is 0 Å². The number of nitrogens with one attached hydrogen (secondary N) is 1. The van der Waals surface area contributed by atoms with Gasteiger partial charge in [0.1, 0.15) is 9.84 Å². The summed E-state index contributed by atoms with van der Waals surface area (Å²) < 4.78 is 26.2. The molecule has 0 saturated heterocycles. The third kappa shape index (κ3) is 11.2. The Kier molecular flexibility index (Phi) is 7.84. The molecule has 0 aromatic heterocycles. The maximum absolute atomic E-state index is 10.8. The van der Waals surface area contributed by atoms with E-state index in [0.717, 1.165) is 0 Å². The number of rotatable bonds is 8. The van der Waals surface area contributed by atoms with Crippen LogP contribution in [0.4, 0.5) is 0 Å². The van der Waals surface area contributed by atoms with E-state index in [1.54, 1.807) is 13.0 Å². The van der Waals surface area contributed by atoms with Crippen LogP contribution in [0.1, 0.15) is 13.3 Å². The third-order valence-corrected chi connectivity index (χ3v) is 2.70. The van der Waals surface area contributed by atoms with Crippen LogP contribution in [0.25, 0.3) is 0 Å². The van der Waals surface area contributed by atoms with Crippen molar-refractivity contribution in [3.8, 4) is 0 Å². The lowest BCUT2D eigenvalue weighted by molar-refractivity contribution is -0.137. The van der Waals surface area contributed by atoms with Crippen LogP contribution < -0.4 is 5.32 Å². The Morgan fingerprint density at radius 1 is 1.44 bits per heavy atom. The van der Waals surface area contributed by atoms with E-state index >= 15 is 0 Å². The molecule has 1 N–H and O–H groups in total. The number of ether oxygens (including phenoxy) is 1. The predicted molar refractivity (Wildman–Crippen MR) is 63.0 cm³/mol. The Hall–Kier alpha value is -0.880. The molecular weight excluding hydrogens is 230 g/mol. The van der Waals surface area contributed by atoms with Crippen molar-refractivity contribution in [2.45, 2.75) is 13.3 Å². The Labute approximate surface area is 96.8 Å². The SMILES string of the molecule is CCOC(=O)/C=C/CNCCCS(C)(=O)=O. The van der Waals surface area contributed by atoms with Crippen LogP contribution in [0.3, 0.4) is 0 Å². The summed E-state index contributed by atoms with van der Waals surface area (Å²) in [5, 5.41) is 3.00. The van der Waals surface area contributed by atoms with E-state index in [4.69, 9.17) is 0 Å². The first kappa shape index (κ1) is 15.1. The van der Waals surface area contributed by atoms with Crippen molar-refractivity contribution >= 4 is 15.8 Å². The van der Waals surface area contributed by atoms with Gasteiger partial charge in [0.25, 0.3) is 0 Å². The van der Waals surface area contributed by atoms with E-state index in [2.05, 4.69) is 10.1 Å². The lowest BCUT2D eigenvalue weighted by Crippen LogP contribution is -2.18. The van der Waals surface area contributed by atoms with Crippen molar-refractivity contribution in [1.82, 2.24) is 5.32 Å². The van der Waals surface area contributed by atoms with Crippen LogP contribution in [-0.4, -0.2) is 46.1 Å². The van der Waals surface area contributed by atoms with Gasteiger partial charge in [0.05, 0.1) is 12.4 Å².